The van der Waals surface area contributed by atoms with Crippen molar-refractivity contribution in [3.63, 3.8) is 0 Å². The molecule has 0 aromatic carbocycles. The fourth-order valence-corrected chi connectivity index (χ4v) is 2.90. The second kappa shape index (κ2) is 5.13. The molecule has 0 radical (unpaired) electrons. The Balaban J connectivity index is 1.64. The van der Waals surface area contributed by atoms with Crippen molar-refractivity contribution in [2.24, 2.45) is 5.92 Å². The predicted octanol–water partition coefficient (Wildman–Crippen LogP) is 2.07. The average Bonchev–Trinajstić information content (AvgIpc) is 2.67. The lowest BCUT2D eigenvalue weighted by atomic mass is 9.92. The summed E-state index contributed by atoms with van der Waals surface area (Å²) in [6.45, 7) is 1.19. The smallest absolute Gasteiger partial charge is 0.0555 e. The van der Waals surface area contributed by atoms with Crippen molar-refractivity contribution in [1.29, 1.82) is 0 Å². The van der Waals surface area contributed by atoms with Gasteiger partial charge in [0.25, 0.3) is 0 Å². The number of hydrogen-bond acceptors (Lipinski definition) is 2. The summed E-state index contributed by atoms with van der Waals surface area (Å²) in [6.07, 6.45) is 10.1. The van der Waals surface area contributed by atoms with Crippen LogP contribution < -0.4 is 5.32 Å². The number of hydrogen-bond donors (Lipinski definition) is 2. The molecule has 2 nitrogen and oxygen atoms in total. The third kappa shape index (κ3) is 2.96. The van der Waals surface area contributed by atoms with Crippen molar-refractivity contribution in [3.05, 3.63) is 0 Å². The molecular weight excluding hydrogens is 174 g/mol. The standard InChI is InChI=1S/C12H23NO/c14-12-7-3-6-11(8-12)13-9-10-4-1-2-5-10/h10-14H,1-9H2. The zero-order valence-electron chi connectivity index (χ0n) is 9.04. The minimum atomic E-state index is -0.0372. The molecule has 2 unspecified atom stereocenters. The van der Waals surface area contributed by atoms with Crippen LogP contribution in [0.1, 0.15) is 51.4 Å². The van der Waals surface area contributed by atoms with Crippen LogP contribution in [0.4, 0.5) is 0 Å². The maximum Gasteiger partial charge on any atom is 0.0555 e. The number of rotatable bonds is 3. The summed E-state index contributed by atoms with van der Waals surface area (Å²) in [6, 6.07) is 0.597. The lowest BCUT2D eigenvalue weighted by Crippen LogP contribution is -2.38. The molecule has 0 aromatic heterocycles. The average molecular weight is 197 g/mol. The van der Waals surface area contributed by atoms with E-state index in [9.17, 15) is 5.11 Å². The Hall–Kier alpha value is -0.0800. The Bertz CT molecular complexity index is 166. The molecule has 2 saturated carbocycles. The van der Waals surface area contributed by atoms with E-state index in [0.717, 1.165) is 18.8 Å². The van der Waals surface area contributed by atoms with E-state index in [1.807, 2.05) is 0 Å². The van der Waals surface area contributed by atoms with Crippen LogP contribution in [-0.4, -0.2) is 23.8 Å². The molecule has 14 heavy (non-hydrogen) atoms. The molecule has 82 valence electrons. The first-order valence-corrected chi connectivity index (χ1v) is 6.26. The fourth-order valence-electron chi connectivity index (χ4n) is 2.90. The van der Waals surface area contributed by atoms with E-state index >= 15 is 0 Å². The van der Waals surface area contributed by atoms with Gasteiger partial charge in [0.2, 0.25) is 0 Å². The van der Waals surface area contributed by atoms with Crippen LogP contribution in [0.2, 0.25) is 0 Å². The van der Waals surface area contributed by atoms with Gasteiger partial charge in [-0.05, 0) is 51.0 Å². The number of aliphatic hydroxyl groups excluding tert-OH is 1. The highest BCUT2D eigenvalue weighted by Crippen LogP contribution is 2.25. The maximum absolute atomic E-state index is 9.53. The lowest BCUT2D eigenvalue weighted by molar-refractivity contribution is 0.111. The van der Waals surface area contributed by atoms with Crippen molar-refractivity contribution >= 4 is 0 Å². The van der Waals surface area contributed by atoms with Gasteiger partial charge in [0.15, 0.2) is 0 Å². The van der Waals surface area contributed by atoms with E-state index in [4.69, 9.17) is 0 Å². The van der Waals surface area contributed by atoms with Crippen LogP contribution in [0.25, 0.3) is 0 Å². The van der Waals surface area contributed by atoms with E-state index in [1.54, 1.807) is 0 Å². The SMILES string of the molecule is OC1CCCC(NCC2CCCC2)C1. The van der Waals surface area contributed by atoms with Crippen LogP contribution in [0, 0.1) is 5.92 Å². The normalized spacial score (nSPS) is 34.9. The molecule has 0 saturated heterocycles. The number of nitrogens with one attached hydrogen (secondary N) is 1. The highest BCUT2D eigenvalue weighted by molar-refractivity contribution is 4.79. The van der Waals surface area contributed by atoms with Gasteiger partial charge in [0, 0.05) is 6.04 Å². The van der Waals surface area contributed by atoms with Crippen LogP contribution >= 0.6 is 0 Å². The molecule has 2 aliphatic rings. The molecule has 0 aromatic rings. The van der Waals surface area contributed by atoms with Crippen LogP contribution in [0.3, 0.4) is 0 Å². The van der Waals surface area contributed by atoms with Gasteiger partial charge in [-0.1, -0.05) is 12.8 Å². The lowest BCUT2D eigenvalue weighted by Gasteiger charge is -2.27. The molecule has 0 amide bonds. The second-order valence-electron chi connectivity index (χ2n) is 5.08. The van der Waals surface area contributed by atoms with Gasteiger partial charge in [0.1, 0.15) is 0 Å². The van der Waals surface area contributed by atoms with E-state index in [0.29, 0.717) is 6.04 Å². The molecule has 2 aliphatic carbocycles. The van der Waals surface area contributed by atoms with Gasteiger partial charge in [-0.2, -0.15) is 0 Å². The second-order valence-corrected chi connectivity index (χ2v) is 5.08. The summed E-state index contributed by atoms with van der Waals surface area (Å²) in [4.78, 5) is 0. The maximum atomic E-state index is 9.53. The minimum absolute atomic E-state index is 0.0372. The van der Waals surface area contributed by atoms with Crippen LogP contribution in [0.5, 0.6) is 0 Å². The van der Waals surface area contributed by atoms with Crippen molar-refractivity contribution in [2.45, 2.75) is 63.5 Å². The summed E-state index contributed by atoms with van der Waals surface area (Å²) in [5, 5.41) is 13.2. The van der Waals surface area contributed by atoms with Gasteiger partial charge >= 0.3 is 0 Å². The highest BCUT2D eigenvalue weighted by Gasteiger charge is 2.21. The van der Waals surface area contributed by atoms with Gasteiger partial charge in [-0.25, -0.2) is 0 Å². The third-order valence-electron chi connectivity index (χ3n) is 3.82. The molecular formula is C12H23NO. The third-order valence-corrected chi connectivity index (χ3v) is 3.82. The summed E-state index contributed by atoms with van der Waals surface area (Å²) in [5.41, 5.74) is 0. The van der Waals surface area contributed by atoms with Crippen molar-refractivity contribution in [3.8, 4) is 0 Å². The zero-order valence-corrected chi connectivity index (χ0v) is 9.04. The molecule has 0 aliphatic heterocycles. The van der Waals surface area contributed by atoms with E-state index in [2.05, 4.69) is 5.32 Å². The van der Waals surface area contributed by atoms with E-state index < -0.39 is 0 Å². The first-order chi connectivity index (χ1) is 6.84. The zero-order chi connectivity index (χ0) is 9.80. The van der Waals surface area contributed by atoms with Crippen molar-refractivity contribution < 1.29 is 5.11 Å². The Morgan fingerprint density at radius 1 is 1.00 bits per heavy atom. The van der Waals surface area contributed by atoms with Gasteiger partial charge in [0.05, 0.1) is 6.10 Å². The quantitative estimate of drug-likeness (QED) is 0.726. The van der Waals surface area contributed by atoms with Crippen molar-refractivity contribution in [1.82, 2.24) is 5.32 Å². The number of aliphatic hydroxyl groups is 1. The molecule has 0 heterocycles. The summed E-state index contributed by atoms with van der Waals surface area (Å²) >= 11 is 0. The molecule has 2 heteroatoms. The Labute approximate surface area is 87.1 Å². The first-order valence-electron chi connectivity index (χ1n) is 6.26. The monoisotopic (exact) mass is 197 g/mol. The van der Waals surface area contributed by atoms with E-state index in [-0.39, 0.29) is 6.10 Å². The first kappa shape index (κ1) is 10.4. The molecule has 2 atom stereocenters. The summed E-state index contributed by atoms with van der Waals surface area (Å²) in [5.74, 6) is 0.925. The van der Waals surface area contributed by atoms with Gasteiger partial charge < -0.3 is 10.4 Å². The largest absolute Gasteiger partial charge is 0.393 e. The van der Waals surface area contributed by atoms with E-state index in [1.165, 1.54) is 45.1 Å². The Morgan fingerprint density at radius 3 is 2.50 bits per heavy atom. The molecule has 0 spiro atoms. The molecule has 2 N–H and O–H groups in total. The predicted molar refractivity (Wildman–Crippen MR) is 58.2 cm³/mol. The van der Waals surface area contributed by atoms with Crippen LogP contribution in [-0.2, 0) is 0 Å². The minimum Gasteiger partial charge on any atom is -0.393 e. The Morgan fingerprint density at radius 2 is 1.79 bits per heavy atom. The van der Waals surface area contributed by atoms with Gasteiger partial charge in [-0.3, -0.25) is 0 Å². The summed E-state index contributed by atoms with van der Waals surface area (Å²) < 4.78 is 0. The van der Waals surface area contributed by atoms with Crippen molar-refractivity contribution in [2.75, 3.05) is 6.54 Å². The summed E-state index contributed by atoms with van der Waals surface area (Å²) in [7, 11) is 0. The Kier molecular flexibility index (Phi) is 3.82. The topological polar surface area (TPSA) is 32.3 Å². The molecule has 2 rings (SSSR count). The molecule has 2 fully saturated rings. The van der Waals surface area contributed by atoms with Gasteiger partial charge in [-0.15, -0.1) is 0 Å². The highest BCUT2D eigenvalue weighted by atomic mass is 16.3. The molecule has 0 bridgehead atoms. The van der Waals surface area contributed by atoms with Crippen LogP contribution in [0.15, 0.2) is 0 Å². The fraction of sp³-hybridized carbons (Fsp3) is 1.00.